The van der Waals surface area contributed by atoms with E-state index in [1.807, 2.05) is 30.3 Å². The second-order valence-electron chi connectivity index (χ2n) is 8.33. The van der Waals surface area contributed by atoms with Gasteiger partial charge in [0.2, 0.25) is 0 Å². The molecule has 1 heterocycles. The Morgan fingerprint density at radius 1 is 0.853 bits per heavy atom. The van der Waals surface area contributed by atoms with Gasteiger partial charge in [-0.3, -0.25) is 24.7 Å². The Hall–Kier alpha value is -3.75. The topological polar surface area (TPSA) is 87.9 Å². The van der Waals surface area contributed by atoms with Crippen molar-refractivity contribution in [3.05, 3.63) is 100 Å². The number of anilines is 1. The average molecular weight is 461 g/mol. The molecule has 176 valence electrons. The van der Waals surface area contributed by atoms with Gasteiger partial charge in [-0.15, -0.1) is 0 Å². The maximum absolute atomic E-state index is 12.2. The van der Waals surface area contributed by atoms with E-state index in [0.29, 0.717) is 5.69 Å². The minimum atomic E-state index is -0.501. The summed E-state index contributed by atoms with van der Waals surface area (Å²) in [5.41, 5.74) is 3.15. The van der Waals surface area contributed by atoms with E-state index in [1.54, 1.807) is 6.07 Å². The number of benzene rings is 3. The lowest BCUT2D eigenvalue weighted by atomic mass is 10.1. The zero-order valence-electron chi connectivity index (χ0n) is 18.9. The van der Waals surface area contributed by atoms with Gasteiger partial charge in [0, 0.05) is 51.0 Å². The monoisotopic (exact) mass is 460 g/mol. The van der Waals surface area contributed by atoms with Crippen molar-refractivity contribution in [1.82, 2.24) is 9.80 Å². The molecule has 1 N–H and O–H groups in total. The second-order valence-corrected chi connectivity index (χ2v) is 8.33. The number of ether oxygens (including phenoxy) is 1. The average Bonchev–Trinajstić information content (AvgIpc) is 2.86. The van der Waals surface area contributed by atoms with Crippen LogP contribution in [0.1, 0.15) is 11.1 Å². The third-order valence-electron chi connectivity index (χ3n) is 5.76. The standard InChI is InChI=1S/C26H28N4O4/c31-26(20-34-25-8-4-7-24(17-25)30(32)33)27-23-11-9-22(10-12-23)19-29-15-13-28(14-16-29)18-21-5-2-1-3-6-21/h1-12,17H,13-16,18-20H2,(H,27,31). The molecule has 4 rings (SSSR count). The molecule has 0 unspecified atom stereocenters. The van der Waals surface area contributed by atoms with Crippen LogP contribution in [-0.4, -0.2) is 53.4 Å². The van der Waals surface area contributed by atoms with Gasteiger partial charge >= 0.3 is 0 Å². The molecule has 1 saturated heterocycles. The molecular formula is C26H28N4O4. The van der Waals surface area contributed by atoms with Gasteiger partial charge < -0.3 is 10.1 Å². The summed E-state index contributed by atoms with van der Waals surface area (Å²) < 4.78 is 5.37. The summed E-state index contributed by atoms with van der Waals surface area (Å²) >= 11 is 0. The minimum Gasteiger partial charge on any atom is -0.484 e. The number of nitro benzene ring substituents is 1. The highest BCUT2D eigenvalue weighted by molar-refractivity contribution is 5.91. The summed E-state index contributed by atoms with van der Waals surface area (Å²) in [6.07, 6.45) is 0. The normalized spacial score (nSPS) is 14.5. The van der Waals surface area contributed by atoms with Crippen LogP contribution in [0.3, 0.4) is 0 Å². The maximum atomic E-state index is 12.2. The van der Waals surface area contributed by atoms with Crippen molar-refractivity contribution < 1.29 is 14.5 Å². The Morgan fingerprint density at radius 3 is 2.09 bits per heavy atom. The summed E-state index contributed by atoms with van der Waals surface area (Å²) in [7, 11) is 0. The molecule has 1 amide bonds. The van der Waals surface area contributed by atoms with Crippen LogP contribution < -0.4 is 10.1 Å². The van der Waals surface area contributed by atoms with E-state index in [9.17, 15) is 14.9 Å². The lowest BCUT2D eigenvalue weighted by molar-refractivity contribution is -0.384. The zero-order valence-corrected chi connectivity index (χ0v) is 18.9. The molecule has 3 aromatic carbocycles. The van der Waals surface area contributed by atoms with Gasteiger partial charge in [-0.2, -0.15) is 0 Å². The number of hydrogen-bond donors (Lipinski definition) is 1. The van der Waals surface area contributed by atoms with Crippen LogP contribution in [0, 0.1) is 10.1 Å². The Bertz CT molecular complexity index is 1100. The molecule has 34 heavy (non-hydrogen) atoms. The lowest BCUT2D eigenvalue weighted by Crippen LogP contribution is -2.45. The number of rotatable bonds is 9. The molecule has 8 nitrogen and oxygen atoms in total. The Morgan fingerprint density at radius 2 is 1.47 bits per heavy atom. The van der Waals surface area contributed by atoms with Crippen molar-refractivity contribution in [2.75, 3.05) is 38.1 Å². The minimum absolute atomic E-state index is 0.0777. The van der Waals surface area contributed by atoms with Crippen molar-refractivity contribution in [3.63, 3.8) is 0 Å². The first-order valence-electron chi connectivity index (χ1n) is 11.3. The smallest absolute Gasteiger partial charge is 0.273 e. The van der Waals surface area contributed by atoms with E-state index in [4.69, 9.17) is 4.74 Å². The highest BCUT2D eigenvalue weighted by atomic mass is 16.6. The molecule has 0 radical (unpaired) electrons. The van der Waals surface area contributed by atoms with Gasteiger partial charge in [-0.1, -0.05) is 48.5 Å². The van der Waals surface area contributed by atoms with Crippen LogP contribution >= 0.6 is 0 Å². The number of piperazine rings is 1. The molecule has 1 fully saturated rings. The molecule has 0 bridgehead atoms. The van der Waals surface area contributed by atoms with E-state index in [1.165, 1.54) is 29.3 Å². The van der Waals surface area contributed by atoms with Gasteiger partial charge in [0.1, 0.15) is 5.75 Å². The van der Waals surface area contributed by atoms with E-state index in [-0.39, 0.29) is 24.0 Å². The van der Waals surface area contributed by atoms with Crippen LogP contribution in [-0.2, 0) is 17.9 Å². The first-order chi connectivity index (χ1) is 16.5. The number of amides is 1. The summed E-state index contributed by atoms with van der Waals surface area (Å²) in [6.45, 7) is 5.80. The van der Waals surface area contributed by atoms with Gasteiger partial charge in [0.05, 0.1) is 11.0 Å². The van der Waals surface area contributed by atoms with E-state index < -0.39 is 4.92 Å². The van der Waals surface area contributed by atoms with E-state index in [0.717, 1.165) is 39.3 Å². The second kappa shape index (κ2) is 11.4. The van der Waals surface area contributed by atoms with Crippen LogP contribution in [0.25, 0.3) is 0 Å². The van der Waals surface area contributed by atoms with Crippen molar-refractivity contribution in [2.45, 2.75) is 13.1 Å². The lowest BCUT2D eigenvalue weighted by Gasteiger charge is -2.34. The number of carbonyl (C=O) groups excluding carboxylic acids is 1. The number of nitro groups is 1. The first kappa shape index (κ1) is 23.4. The molecule has 0 spiro atoms. The molecule has 0 aromatic heterocycles. The quantitative estimate of drug-likeness (QED) is 0.385. The third kappa shape index (κ3) is 6.87. The number of non-ortho nitro benzene ring substituents is 1. The predicted molar refractivity (Wildman–Crippen MR) is 131 cm³/mol. The third-order valence-corrected chi connectivity index (χ3v) is 5.76. The number of carbonyl (C=O) groups is 1. The summed E-state index contributed by atoms with van der Waals surface area (Å²) in [5, 5.41) is 13.6. The molecule has 3 aromatic rings. The van der Waals surface area contributed by atoms with Crippen molar-refractivity contribution in [2.24, 2.45) is 0 Å². The number of hydrogen-bond acceptors (Lipinski definition) is 6. The SMILES string of the molecule is O=C(COc1cccc([N+](=O)[O-])c1)Nc1ccc(CN2CCN(Cc3ccccc3)CC2)cc1. The molecule has 1 aliphatic heterocycles. The van der Waals surface area contributed by atoms with Crippen LogP contribution in [0.4, 0.5) is 11.4 Å². The molecule has 0 atom stereocenters. The van der Waals surface area contributed by atoms with Gasteiger partial charge in [-0.25, -0.2) is 0 Å². The zero-order chi connectivity index (χ0) is 23.8. The van der Waals surface area contributed by atoms with E-state index >= 15 is 0 Å². The molecule has 0 saturated carbocycles. The largest absolute Gasteiger partial charge is 0.484 e. The fraction of sp³-hybridized carbons (Fsp3) is 0.269. The van der Waals surface area contributed by atoms with Gasteiger partial charge in [0.25, 0.3) is 11.6 Å². The fourth-order valence-electron chi connectivity index (χ4n) is 3.93. The maximum Gasteiger partial charge on any atom is 0.273 e. The highest BCUT2D eigenvalue weighted by Gasteiger charge is 2.17. The Balaban J connectivity index is 1.19. The van der Waals surface area contributed by atoms with Gasteiger partial charge in [-0.05, 0) is 29.3 Å². The summed E-state index contributed by atoms with van der Waals surface area (Å²) in [5.74, 6) is -0.0441. The van der Waals surface area contributed by atoms with Crippen LogP contribution in [0.15, 0.2) is 78.9 Å². The van der Waals surface area contributed by atoms with Crippen LogP contribution in [0.2, 0.25) is 0 Å². The molecule has 1 aliphatic rings. The predicted octanol–water partition coefficient (Wildman–Crippen LogP) is 3.93. The first-order valence-corrected chi connectivity index (χ1v) is 11.3. The fourth-order valence-corrected chi connectivity index (χ4v) is 3.93. The summed E-state index contributed by atoms with van der Waals surface area (Å²) in [6, 6.07) is 24.1. The van der Waals surface area contributed by atoms with Crippen LogP contribution in [0.5, 0.6) is 5.75 Å². The number of nitrogens with zero attached hydrogens (tertiary/aromatic N) is 3. The van der Waals surface area contributed by atoms with Crippen molar-refractivity contribution in [3.8, 4) is 5.75 Å². The number of nitrogens with one attached hydrogen (secondary N) is 1. The molecular weight excluding hydrogens is 432 g/mol. The van der Waals surface area contributed by atoms with Crippen molar-refractivity contribution in [1.29, 1.82) is 0 Å². The molecule has 0 aliphatic carbocycles. The van der Waals surface area contributed by atoms with Crippen molar-refractivity contribution >= 4 is 17.3 Å². The Labute approximate surface area is 198 Å². The highest BCUT2D eigenvalue weighted by Crippen LogP contribution is 2.19. The summed E-state index contributed by atoms with van der Waals surface area (Å²) in [4.78, 5) is 27.5. The van der Waals surface area contributed by atoms with Gasteiger partial charge in [0.15, 0.2) is 6.61 Å². The molecule has 8 heteroatoms. The van der Waals surface area contributed by atoms with E-state index in [2.05, 4.69) is 39.4 Å². The Kier molecular flexibility index (Phi) is 7.85.